The molecule has 1 aromatic rings. The molecule has 86 valence electrons. The van der Waals surface area contributed by atoms with E-state index in [1.54, 1.807) is 0 Å². The molecule has 0 atom stereocenters. The van der Waals surface area contributed by atoms with E-state index >= 15 is 0 Å². The van der Waals surface area contributed by atoms with Gasteiger partial charge >= 0.3 is 0 Å². The molecule has 0 aromatic heterocycles. The highest BCUT2D eigenvalue weighted by Gasteiger charge is 2.31. The summed E-state index contributed by atoms with van der Waals surface area (Å²) in [5.41, 5.74) is -0.471. The first-order valence-electron chi connectivity index (χ1n) is 4.93. The summed E-state index contributed by atoms with van der Waals surface area (Å²) < 4.78 is 27.1. The first-order chi connectivity index (χ1) is 7.50. The van der Waals surface area contributed by atoms with Gasteiger partial charge in [-0.05, 0) is 34.0 Å². The van der Waals surface area contributed by atoms with E-state index in [2.05, 4.69) is 15.9 Å². The standard InChI is InChI=1S/C11H10BrF2NO/c1-6-4-15(5-6)11(16)9-8(13)3-2-7(12)10(9)14/h2-3,6H,4-5H2,1H3. The van der Waals surface area contributed by atoms with Gasteiger partial charge in [0.1, 0.15) is 11.4 Å². The topological polar surface area (TPSA) is 20.3 Å². The Labute approximate surface area is 100 Å². The van der Waals surface area contributed by atoms with Crippen molar-refractivity contribution in [2.24, 2.45) is 5.92 Å². The summed E-state index contributed by atoms with van der Waals surface area (Å²) in [6, 6.07) is 2.34. The highest BCUT2D eigenvalue weighted by atomic mass is 79.9. The van der Waals surface area contributed by atoms with Gasteiger partial charge in [0.25, 0.3) is 5.91 Å². The molecule has 1 saturated heterocycles. The van der Waals surface area contributed by atoms with Gasteiger partial charge in [-0.15, -0.1) is 0 Å². The van der Waals surface area contributed by atoms with Crippen LogP contribution in [0.25, 0.3) is 0 Å². The fraction of sp³-hybridized carbons (Fsp3) is 0.364. The minimum atomic E-state index is -0.829. The van der Waals surface area contributed by atoms with E-state index in [0.717, 1.165) is 6.07 Å². The summed E-state index contributed by atoms with van der Waals surface area (Å²) in [5.74, 6) is -1.81. The van der Waals surface area contributed by atoms with E-state index in [-0.39, 0.29) is 4.47 Å². The van der Waals surface area contributed by atoms with Crippen molar-refractivity contribution in [3.63, 3.8) is 0 Å². The molecule has 0 bridgehead atoms. The van der Waals surface area contributed by atoms with E-state index < -0.39 is 23.1 Å². The zero-order chi connectivity index (χ0) is 11.9. The SMILES string of the molecule is CC1CN(C(=O)c2c(F)ccc(Br)c2F)C1. The molecule has 0 aliphatic carbocycles. The fourth-order valence-corrected chi connectivity index (χ4v) is 2.08. The summed E-state index contributed by atoms with van der Waals surface area (Å²) in [4.78, 5) is 13.2. The number of benzene rings is 1. The van der Waals surface area contributed by atoms with Gasteiger partial charge in [0, 0.05) is 13.1 Å². The lowest BCUT2D eigenvalue weighted by Gasteiger charge is -2.37. The predicted molar refractivity (Wildman–Crippen MR) is 59.1 cm³/mol. The molecule has 1 amide bonds. The van der Waals surface area contributed by atoms with Crippen molar-refractivity contribution in [3.8, 4) is 0 Å². The highest BCUT2D eigenvalue weighted by molar-refractivity contribution is 9.10. The lowest BCUT2D eigenvalue weighted by molar-refractivity contribution is 0.0520. The summed E-state index contributed by atoms with van der Waals surface area (Å²) in [6.45, 7) is 3.10. The minimum Gasteiger partial charge on any atom is -0.338 e. The smallest absolute Gasteiger partial charge is 0.259 e. The molecule has 1 aliphatic heterocycles. The molecule has 0 saturated carbocycles. The van der Waals surface area contributed by atoms with Gasteiger partial charge in [-0.1, -0.05) is 6.92 Å². The lowest BCUT2D eigenvalue weighted by Crippen LogP contribution is -2.49. The van der Waals surface area contributed by atoms with Gasteiger partial charge in [-0.3, -0.25) is 4.79 Å². The van der Waals surface area contributed by atoms with Crippen molar-refractivity contribution in [2.45, 2.75) is 6.92 Å². The van der Waals surface area contributed by atoms with Crippen LogP contribution in [0.15, 0.2) is 16.6 Å². The Morgan fingerprint density at radius 1 is 1.44 bits per heavy atom. The maximum Gasteiger partial charge on any atom is 0.259 e. The Morgan fingerprint density at radius 2 is 2.06 bits per heavy atom. The number of carbonyl (C=O) groups is 1. The van der Waals surface area contributed by atoms with Gasteiger partial charge in [0.15, 0.2) is 5.82 Å². The molecule has 5 heteroatoms. The van der Waals surface area contributed by atoms with Crippen LogP contribution in [0.1, 0.15) is 17.3 Å². The van der Waals surface area contributed by atoms with Crippen molar-refractivity contribution in [2.75, 3.05) is 13.1 Å². The van der Waals surface area contributed by atoms with E-state index in [9.17, 15) is 13.6 Å². The molecule has 1 fully saturated rings. The number of likely N-dealkylation sites (tertiary alicyclic amines) is 1. The Morgan fingerprint density at radius 3 is 2.62 bits per heavy atom. The lowest BCUT2D eigenvalue weighted by atomic mass is 10.0. The number of nitrogens with zero attached hydrogens (tertiary/aromatic N) is 1. The Kier molecular flexibility index (Phi) is 2.97. The predicted octanol–water partition coefficient (Wildman–Crippen LogP) is 2.82. The molecule has 1 aliphatic rings. The molecule has 0 N–H and O–H groups in total. The van der Waals surface area contributed by atoms with Crippen LogP contribution in [0, 0.1) is 17.6 Å². The number of halogens is 3. The maximum absolute atomic E-state index is 13.6. The highest BCUT2D eigenvalue weighted by Crippen LogP contribution is 2.25. The van der Waals surface area contributed by atoms with Crippen LogP contribution in [0.3, 0.4) is 0 Å². The van der Waals surface area contributed by atoms with Crippen molar-refractivity contribution in [1.82, 2.24) is 4.90 Å². The second-order valence-electron chi connectivity index (χ2n) is 4.03. The average molecular weight is 290 g/mol. The number of carbonyl (C=O) groups excluding carboxylic acids is 1. The largest absolute Gasteiger partial charge is 0.338 e. The molecule has 2 nitrogen and oxygen atoms in total. The normalized spacial score (nSPS) is 16.1. The van der Waals surface area contributed by atoms with Gasteiger partial charge in [0.2, 0.25) is 0 Å². The van der Waals surface area contributed by atoms with Crippen LogP contribution in [0.5, 0.6) is 0 Å². The Bertz CT molecular complexity index is 444. The molecular weight excluding hydrogens is 280 g/mol. The van der Waals surface area contributed by atoms with Crippen LogP contribution in [-0.2, 0) is 0 Å². The van der Waals surface area contributed by atoms with Gasteiger partial charge in [-0.2, -0.15) is 0 Å². The van der Waals surface area contributed by atoms with Crippen molar-refractivity contribution in [1.29, 1.82) is 0 Å². The van der Waals surface area contributed by atoms with Crippen molar-refractivity contribution >= 4 is 21.8 Å². The molecule has 0 radical (unpaired) electrons. The molecule has 0 unspecified atom stereocenters. The van der Waals surface area contributed by atoms with E-state index in [1.165, 1.54) is 11.0 Å². The zero-order valence-electron chi connectivity index (χ0n) is 8.64. The molecule has 2 rings (SSSR count). The second kappa shape index (κ2) is 4.13. The van der Waals surface area contributed by atoms with Crippen LogP contribution >= 0.6 is 15.9 Å². The Balaban J connectivity index is 2.33. The molecule has 1 heterocycles. The molecule has 16 heavy (non-hydrogen) atoms. The monoisotopic (exact) mass is 289 g/mol. The van der Waals surface area contributed by atoms with Crippen LogP contribution in [-0.4, -0.2) is 23.9 Å². The van der Waals surface area contributed by atoms with Crippen molar-refractivity contribution in [3.05, 3.63) is 33.8 Å². The number of rotatable bonds is 1. The molecule has 1 aromatic carbocycles. The third-order valence-electron chi connectivity index (χ3n) is 2.61. The first-order valence-corrected chi connectivity index (χ1v) is 5.72. The van der Waals surface area contributed by atoms with E-state index in [4.69, 9.17) is 0 Å². The van der Waals surface area contributed by atoms with Crippen molar-refractivity contribution < 1.29 is 13.6 Å². The van der Waals surface area contributed by atoms with Crippen LogP contribution < -0.4 is 0 Å². The number of amides is 1. The number of hydrogen-bond donors (Lipinski definition) is 0. The summed E-state index contributed by atoms with van der Waals surface area (Å²) in [6.07, 6.45) is 0. The van der Waals surface area contributed by atoms with E-state index in [1.807, 2.05) is 6.92 Å². The third-order valence-corrected chi connectivity index (χ3v) is 3.22. The summed E-state index contributed by atoms with van der Waals surface area (Å²) in [5, 5.41) is 0. The fourth-order valence-electron chi connectivity index (χ4n) is 1.75. The van der Waals surface area contributed by atoms with Crippen LogP contribution in [0.2, 0.25) is 0 Å². The van der Waals surface area contributed by atoms with Crippen LogP contribution in [0.4, 0.5) is 8.78 Å². The molecule has 0 spiro atoms. The quantitative estimate of drug-likeness (QED) is 0.728. The van der Waals surface area contributed by atoms with Gasteiger partial charge < -0.3 is 4.90 Å². The van der Waals surface area contributed by atoms with Gasteiger partial charge in [-0.25, -0.2) is 8.78 Å². The zero-order valence-corrected chi connectivity index (χ0v) is 10.2. The summed E-state index contributed by atoms with van der Waals surface area (Å²) in [7, 11) is 0. The third kappa shape index (κ3) is 1.84. The first kappa shape index (κ1) is 11.5. The minimum absolute atomic E-state index is 0.103. The second-order valence-corrected chi connectivity index (χ2v) is 4.89. The average Bonchev–Trinajstić information content (AvgIpc) is 2.19. The molecular formula is C11H10BrF2NO. The Hall–Kier alpha value is -0.970. The number of hydrogen-bond acceptors (Lipinski definition) is 1. The van der Waals surface area contributed by atoms with Gasteiger partial charge in [0.05, 0.1) is 4.47 Å². The van der Waals surface area contributed by atoms with E-state index in [0.29, 0.717) is 19.0 Å². The maximum atomic E-state index is 13.6. The summed E-state index contributed by atoms with van der Waals surface area (Å²) >= 11 is 2.94.